The van der Waals surface area contributed by atoms with Crippen LogP contribution < -0.4 is 0 Å². The lowest BCUT2D eigenvalue weighted by Gasteiger charge is -2.03. The van der Waals surface area contributed by atoms with Crippen molar-refractivity contribution in [3.8, 4) is 18.4 Å². The zero-order valence-corrected chi connectivity index (χ0v) is 8.98. The van der Waals surface area contributed by atoms with Crippen LogP contribution in [0.5, 0.6) is 0 Å². The number of hydrogen-bond donors (Lipinski definition) is 0. The molecule has 1 aromatic carbocycles. The maximum absolute atomic E-state index is 8.97. The Bertz CT molecular complexity index is 579. The van der Waals surface area contributed by atoms with E-state index in [9.17, 15) is 0 Å². The summed E-state index contributed by atoms with van der Waals surface area (Å²) in [5, 5.41) is 9.99. The lowest BCUT2D eigenvalue weighted by molar-refractivity contribution is 0.677. The molecule has 0 amide bonds. The zero-order chi connectivity index (χ0) is 11.4. The number of terminal acetylenes is 1. The SMILES string of the molecule is C#CCCCn1ccc2c(C#N)cccc21. The van der Waals surface area contributed by atoms with Gasteiger partial charge < -0.3 is 4.57 Å². The van der Waals surface area contributed by atoms with Gasteiger partial charge in [0.25, 0.3) is 0 Å². The van der Waals surface area contributed by atoms with Gasteiger partial charge in [-0.1, -0.05) is 6.07 Å². The van der Waals surface area contributed by atoms with E-state index in [0.717, 1.165) is 35.9 Å². The Hall–Kier alpha value is -2.19. The average molecular weight is 208 g/mol. The van der Waals surface area contributed by atoms with Gasteiger partial charge in [0.15, 0.2) is 0 Å². The molecule has 0 spiro atoms. The van der Waals surface area contributed by atoms with E-state index in [2.05, 4.69) is 16.6 Å². The Morgan fingerprint density at radius 2 is 2.19 bits per heavy atom. The molecule has 16 heavy (non-hydrogen) atoms. The van der Waals surface area contributed by atoms with Gasteiger partial charge in [-0.05, 0) is 24.6 Å². The summed E-state index contributed by atoms with van der Waals surface area (Å²) in [6, 6.07) is 9.99. The molecule has 0 atom stereocenters. The molecule has 0 fully saturated rings. The molecule has 2 rings (SSSR count). The van der Waals surface area contributed by atoms with E-state index in [4.69, 9.17) is 11.7 Å². The zero-order valence-electron chi connectivity index (χ0n) is 8.98. The van der Waals surface area contributed by atoms with Crippen LogP contribution in [0.25, 0.3) is 10.9 Å². The fraction of sp³-hybridized carbons (Fsp3) is 0.214. The second kappa shape index (κ2) is 4.55. The lowest BCUT2D eigenvalue weighted by Crippen LogP contribution is -1.95. The molecule has 1 heterocycles. The lowest BCUT2D eigenvalue weighted by atomic mass is 10.1. The monoisotopic (exact) mass is 208 g/mol. The van der Waals surface area contributed by atoms with Crippen molar-refractivity contribution in [3.63, 3.8) is 0 Å². The van der Waals surface area contributed by atoms with Crippen molar-refractivity contribution < 1.29 is 0 Å². The minimum Gasteiger partial charge on any atom is -0.347 e. The van der Waals surface area contributed by atoms with Crippen molar-refractivity contribution in [2.75, 3.05) is 0 Å². The highest BCUT2D eigenvalue weighted by Crippen LogP contribution is 2.20. The van der Waals surface area contributed by atoms with E-state index >= 15 is 0 Å². The second-order valence-electron chi connectivity index (χ2n) is 3.67. The molecule has 78 valence electrons. The number of fused-ring (bicyclic) bond motifs is 1. The summed E-state index contributed by atoms with van der Waals surface area (Å²) in [7, 11) is 0. The smallest absolute Gasteiger partial charge is 0.0998 e. The standard InChI is InChI=1S/C14H12N2/c1-2-3-4-9-16-10-8-13-12(11-15)6-5-7-14(13)16/h1,5-8,10H,3-4,9H2. The van der Waals surface area contributed by atoms with Crippen molar-refractivity contribution in [1.29, 1.82) is 5.26 Å². The third kappa shape index (κ3) is 1.78. The summed E-state index contributed by atoms with van der Waals surface area (Å²) in [4.78, 5) is 0. The predicted molar refractivity (Wildman–Crippen MR) is 64.7 cm³/mol. The number of nitrogens with zero attached hydrogens (tertiary/aromatic N) is 2. The highest BCUT2D eigenvalue weighted by molar-refractivity contribution is 5.85. The molecule has 2 aromatic rings. The van der Waals surface area contributed by atoms with Crippen LogP contribution in [0.4, 0.5) is 0 Å². The molecular weight excluding hydrogens is 196 g/mol. The number of hydrogen-bond acceptors (Lipinski definition) is 1. The number of benzene rings is 1. The maximum atomic E-state index is 8.97. The first-order chi connectivity index (χ1) is 7.86. The second-order valence-corrected chi connectivity index (χ2v) is 3.67. The molecule has 0 N–H and O–H groups in total. The van der Waals surface area contributed by atoms with Crippen molar-refractivity contribution in [2.45, 2.75) is 19.4 Å². The first-order valence-electron chi connectivity index (χ1n) is 5.28. The molecule has 0 aliphatic rings. The normalized spacial score (nSPS) is 9.88. The van der Waals surface area contributed by atoms with Crippen LogP contribution in [0.1, 0.15) is 18.4 Å². The summed E-state index contributed by atoms with van der Waals surface area (Å²) in [6.07, 6.45) is 9.00. The minimum absolute atomic E-state index is 0.730. The molecule has 1 aromatic heterocycles. The van der Waals surface area contributed by atoms with Crippen molar-refractivity contribution >= 4 is 10.9 Å². The molecule has 0 aliphatic heterocycles. The van der Waals surface area contributed by atoms with Crippen LogP contribution in [0.2, 0.25) is 0 Å². The van der Waals surface area contributed by atoms with Gasteiger partial charge in [0, 0.05) is 30.1 Å². The highest BCUT2D eigenvalue weighted by atomic mass is 14.9. The van der Waals surface area contributed by atoms with E-state index in [1.807, 2.05) is 30.5 Å². The van der Waals surface area contributed by atoms with Gasteiger partial charge in [0.05, 0.1) is 11.6 Å². The Labute approximate surface area is 95.1 Å². The first kappa shape index (κ1) is 10.3. The average Bonchev–Trinajstić information content (AvgIpc) is 2.73. The van der Waals surface area contributed by atoms with Crippen molar-refractivity contribution in [2.24, 2.45) is 0 Å². The Balaban J connectivity index is 2.36. The third-order valence-electron chi connectivity index (χ3n) is 2.65. The number of aryl methyl sites for hydroxylation is 1. The van der Waals surface area contributed by atoms with Crippen LogP contribution >= 0.6 is 0 Å². The molecule has 0 aliphatic carbocycles. The number of nitriles is 1. The highest BCUT2D eigenvalue weighted by Gasteiger charge is 2.04. The van der Waals surface area contributed by atoms with Crippen molar-refractivity contribution in [1.82, 2.24) is 4.57 Å². The van der Waals surface area contributed by atoms with E-state index in [-0.39, 0.29) is 0 Å². The van der Waals surface area contributed by atoms with Crippen LogP contribution in [-0.4, -0.2) is 4.57 Å². The molecular formula is C14H12N2. The molecule has 0 saturated carbocycles. The van der Waals surface area contributed by atoms with Gasteiger partial charge in [-0.15, -0.1) is 12.3 Å². The minimum atomic E-state index is 0.730. The van der Waals surface area contributed by atoms with E-state index < -0.39 is 0 Å². The third-order valence-corrected chi connectivity index (χ3v) is 2.65. The fourth-order valence-electron chi connectivity index (χ4n) is 1.87. The molecule has 0 radical (unpaired) electrons. The predicted octanol–water partition coefficient (Wildman–Crippen LogP) is 2.93. The topological polar surface area (TPSA) is 28.7 Å². The molecule has 2 heteroatoms. The quantitative estimate of drug-likeness (QED) is 0.563. The summed E-state index contributed by atoms with van der Waals surface area (Å²) in [5.74, 6) is 2.64. The van der Waals surface area contributed by atoms with Gasteiger partial charge >= 0.3 is 0 Å². The van der Waals surface area contributed by atoms with E-state index in [0.29, 0.717) is 0 Å². The van der Waals surface area contributed by atoms with Gasteiger partial charge in [-0.3, -0.25) is 0 Å². The number of rotatable bonds is 3. The summed E-state index contributed by atoms with van der Waals surface area (Å²) >= 11 is 0. The molecule has 0 bridgehead atoms. The first-order valence-corrected chi connectivity index (χ1v) is 5.28. The van der Waals surface area contributed by atoms with Gasteiger partial charge in [0.1, 0.15) is 0 Å². The van der Waals surface area contributed by atoms with Crippen LogP contribution in [0, 0.1) is 23.7 Å². The Kier molecular flexibility index (Phi) is 2.94. The fourth-order valence-corrected chi connectivity index (χ4v) is 1.87. The number of unbranched alkanes of at least 4 members (excludes halogenated alkanes) is 1. The molecule has 0 unspecified atom stereocenters. The van der Waals surface area contributed by atoms with Crippen LogP contribution in [0.15, 0.2) is 30.5 Å². The summed E-state index contributed by atoms with van der Waals surface area (Å²) in [6.45, 7) is 0.905. The van der Waals surface area contributed by atoms with E-state index in [1.54, 1.807) is 0 Å². The van der Waals surface area contributed by atoms with Gasteiger partial charge in [-0.25, -0.2) is 0 Å². The van der Waals surface area contributed by atoms with Crippen molar-refractivity contribution in [3.05, 3.63) is 36.0 Å². The number of aromatic nitrogens is 1. The van der Waals surface area contributed by atoms with Crippen LogP contribution in [-0.2, 0) is 6.54 Å². The Morgan fingerprint density at radius 1 is 1.31 bits per heavy atom. The summed E-state index contributed by atoms with van der Waals surface area (Å²) < 4.78 is 2.15. The summed E-state index contributed by atoms with van der Waals surface area (Å²) in [5.41, 5.74) is 1.84. The largest absolute Gasteiger partial charge is 0.347 e. The molecule has 2 nitrogen and oxygen atoms in total. The van der Waals surface area contributed by atoms with Gasteiger partial charge in [-0.2, -0.15) is 5.26 Å². The van der Waals surface area contributed by atoms with Gasteiger partial charge in [0.2, 0.25) is 0 Å². The van der Waals surface area contributed by atoms with Crippen LogP contribution in [0.3, 0.4) is 0 Å². The molecule has 0 saturated heterocycles. The maximum Gasteiger partial charge on any atom is 0.0998 e. The van der Waals surface area contributed by atoms with E-state index in [1.165, 1.54) is 0 Å². The Morgan fingerprint density at radius 3 is 2.94 bits per heavy atom.